The summed E-state index contributed by atoms with van der Waals surface area (Å²) in [7, 11) is 1.59. The van der Waals surface area contributed by atoms with Gasteiger partial charge in [-0.25, -0.2) is 14.6 Å². The van der Waals surface area contributed by atoms with E-state index >= 15 is 0 Å². The lowest BCUT2D eigenvalue weighted by atomic mass is 10.0. The number of benzene rings is 1. The Hall–Kier alpha value is -3.95. The summed E-state index contributed by atoms with van der Waals surface area (Å²) in [6.07, 6.45) is 0.489. The summed E-state index contributed by atoms with van der Waals surface area (Å²) >= 11 is 0. The maximum absolute atomic E-state index is 12.9. The Morgan fingerprint density at radius 2 is 1.94 bits per heavy atom. The molecule has 160 valence electrons. The second-order valence-electron chi connectivity index (χ2n) is 6.89. The monoisotopic (exact) mass is 423 g/mol. The fourth-order valence-electron chi connectivity index (χ4n) is 3.52. The number of carbonyl (C=O) groups excluding carboxylic acids is 2. The number of aromatic amines is 1. The highest BCUT2D eigenvalue weighted by atomic mass is 16.5. The number of methoxy groups -OCH3 is 1. The lowest BCUT2D eigenvalue weighted by Crippen LogP contribution is -2.37. The molecule has 0 spiro atoms. The van der Waals surface area contributed by atoms with Crippen LogP contribution >= 0.6 is 0 Å². The van der Waals surface area contributed by atoms with Gasteiger partial charge < -0.3 is 14.4 Å². The fraction of sp³-hybridized carbons (Fsp3) is 0.286. The minimum Gasteiger partial charge on any atom is -0.497 e. The van der Waals surface area contributed by atoms with Crippen molar-refractivity contribution < 1.29 is 19.1 Å². The van der Waals surface area contributed by atoms with Crippen LogP contribution in [0.1, 0.15) is 39.2 Å². The van der Waals surface area contributed by atoms with Crippen LogP contribution in [0, 0.1) is 0 Å². The van der Waals surface area contributed by atoms with E-state index in [1.165, 1.54) is 12.1 Å². The van der Waals surface area contributed by atoms with Crippen molar-refractivity contribution in [2.24, 2.45) is 0 Å². The zero-order chi connectivity index (χ0) is 22.0. The Labute approximate surface area is 177 Å². The number of rotatable bonds is 5. The molecular weight excluding hydrogens is 402 g/mol. The van der Waals surface area contributed by atoms with Gasteiger partial charge in [0.05, 0.1) is 31.6 Å². The maximum Gasteiger partial charge on any atom is 0.359 e. The summed E-state index contributed by atoms with van der Waals surface area (Å²) in [4.78, 5) is 38.2. The molecule has 0 radical (unpaired) electrons. The minimum atomic E-state index is -0.539. The molecule has 0 fully saturated rings. The van der Waals surface area contributed by atoms with E-state index in [9.17, 15) is 14.4 Å². The highest BCUT2D eigenvalue weighted by Gasteiger charge is 2.32. The lowest BCUT2D eigenvalue weighted by Gasteiger charge is -2.27. The van der Waals surface area contributed by atoms with Crippen LogP contribution in [-0.2, 0) is 17.7 Å². The summed E-state index contributed by atoms with van der Waals surface area (Å²) in [5.74, 6) is -0.169. The molecule has 1 aliphatic rings. The van der Waals surface area contributed by atoms with Crippen LogP contribution in [0.4, 0.5) is 0 Å². The molecule has 0 atom stereocenters. The maximum atomic E-state index is 12.9. The minimum absolute atomic E-state index is 0.128. The van der Waals surface area contributed by atoms with Gasteiger partial charge >= 0.3 is 5.97 Å². The number of esters is 1. The van der Waals surface area contributed by atoms with Gasteiger partial charge in [0.15, 0.2) is 5.69 Å². The first-order chi connectivity index (χ1) is 15.0. The van der Waals surface area contributed by atoms with Crippen molar-refractivity contribution in [1.82, 2.24) is 24.9 Å². The average Bonchev–Trinajstić information content (AvgIpc) is 3.18. The first-order valence-electron chi connectivity index (χ1n) is 9.79. The molecule has 0 saturated heterocycles. The number of nitrogens with zero attached hydrogens (tertiary/aromatic N) is 4. The molecule has 0 unspecified atom stereocenters. The van der Waals surface area contributed by atoms with Crippen LogP contribution in [0.15, 0.2) is 41.2 Å². The Bertz CT molecular complexity index is 1160. The zero-order valence-electron chi connectivity index (χ0n) is 17.1. The molecule has 0 saturated carbocycles. The van der Waals surface area contributed by atoms with Gasteiger partial charge in [-0.05, 0) is 37.3 Å². The molecule has 1 amide bonds. The number of H-pyrrole nitrogens is 1. The number of hydrogen-bond donors (Lipinski definition) is 1. The Balaban J connectivity index is 1.71. The summed E-state index contributed by atoms with van der Waals surface area (Å²) in [6, 6.07) is 9.96. The second kappa shape index (κ2) is 8.42. The standard InChI is InChI=1S/C21H21N5O5/c1-3-31-21(29)19-15-12-25(20(28)16-8-9-18(27)23-22-16)11-10-17(15)26(24-19)13-4-6-14(30-2)7-5-13/h4-9H,3,10-12H2,1-2H3,(H,23,27). The van der Waals surface area contributed by atoms with E-state index < -0.39 is 5.97 Å². The summed E-state index contributed by atoms with van der Waals surface area (Å²) in [6.45, 7) is 2.53. The highest BCUT2D eigenvalue weighted by molar-refractivity contribution is 5.93. The first kappa shape index (κ1) is 20.3. The Kier molecular flexibility index (Phi) is 5.52. The molecule has 0 bridgehead atoms. The molecule has 31 heavy (non-hydrogen) atoms. The van der Waals surface area contributed by atoms with Gasteiger partial charge in [0.25, 0.3) is 11.5 Å². The molecule has 1 N–H and O–H groups in total. The number of nitrogens with one attached hydrogen (secondary N) is 1. The van der Waals surface area contributed by atoms with Gasteiger partial charge in [0.1, 0.15) is 11.4 Å². The van der Waals surface area contributed by atoms with Gasteiger partial charge in [0.2, 0.25) is 0 Å². The molecular formula is C21H21N5O5. The molecule has 2 aromatic heterocycles. The molecule has 3 aromatic rings. The first-order valence-corrected chi connectivity index (χ1v) is 9.79. The molecule has 1 aromatic carbocycles. The van der Waals surface area contributed by atoms with Crippen molar-refractivity contribution in [3.8, 4) is 11.4 Å². The number of ether oxygens (including phenoxy) is 2. The molecule has 1 aliphatic heterocycles. The van der Waals surface area contributed by atoms with Crippen molar-refractivity contribution in [2.75, 3.05) is 20.3 Å². The SMILES string of the molecule is CCOC(=O)c1nn(-c2ccc(OC)cc2)c2c1CN(C(=O)c1ccc(=O)[nH]n1)CC2. The average molecular weight is 423 g/mol. The topological polar surface area (TPSA) is 119 Å². The molecule has 0 aliphatic carbocycles. The number of fused-ring (bicyclic) bond motifs is 1. The zero-order valence-corrected chi connectivity index (χ0v) is 17.1. The number of amides is 1. The van der Waals surface area contributed by atoms with Gasteiger partial charge in [-0.15, -0.1) is 0 Å². The summed E-state index contributed by atoms with van der Waals surface area (Å²) in [5.41, 5.74) is 2.17. The van der Waals surface area contributed by atoms with E-state index in [1.807, 2.05) is 24.3 Å². The van der Waals surface area contributed by atoms with Crippen LogP contribution in [0.3, 0.4) is 0 Å². The van der Waals surface area contributed by atoms with Crippen LogP contribution in [0.2, 0.25) is 0 Å². The predicted octanol–water partition coefficient (Wildman–Crippen LogP) is 1.34. The third-order valence-electron chi connectivity index (χ3n) is 5.03. The van der Waals surface area contributed by atoms with Crippen molar-refractivity contribution in [3.63, 3.8) is 0 Å². The molecule has 4 rings (SSSR count). The largest absolute Gasteiger partial charge is 0.497 e. The fourth-order valence-corrected chi connectivity index (χ4v) is 3.52. The van der Waals surface area contributed by atoms with Crippen LogP contribution < -0.4 is 10.3 Å². The van der Waals surface area contributed by atoms with E-state index in [0.717, 1.165) is 11.4 Å². The third kappa shape index (κ3) is 3.91. The summed E-state index contributed by atoms with van der Waals surface area (Å²) < 4.78 is 12.1. The predicted molar refractivity (Wildman–Crippen MR) is 109 cm³/mol. The van der Waals surface area contributed by atoms with E-state index in [0.29, 0.717) is 24.3 Å². The molecule has 10 nitrogen and oxygen atoms in total. The third-order valence-corrected chi connectivity index (χ3v) is 5.03. The van der Waals surface area contributed by atoms with Gasteiger partial charge in [-0.3, -0.25) is 9.59 Å². The number of carbonyl (C=O) groups is 2. The smallest absolute Gasteiger partial charge is 0.359 e. The number of hydrogen-bond acceptors (Lipinski definition) is 7. The van der Waals surface area contributed by atoms with Gasteiger partial charge in [-0.2, -0.15) is 10.2 Å². The van der Waals surface area contributed by atoms with Gasteiger partial charge in [0, 0.05) is 24.6 Å². The van der Waals surface area contributed by atoms with Crippen LogP contribution in [0.5, 0.6) is 5.75 Å². The van der Waals surface area contributed by atoms with Crippen molar-refractivity contribution in [3.05, 3.63) is 69.4 Å². The number of aromatic nitrogens is 4. The molecule has 3 heterocycles. The van der Waals surface area contributed by atoms with Crippen molar-refractivity contribution >= 4 is 11.9 Å². The van der Waals surface area contributed by atoms with Crippen LogP contribution in [0.25, 0.3) is 5.69 Å². The Morgan fingerprint density at radius 3 is 2.58 bits per heavy atom. The van der Waals surface area contributed by atoms with E-state index in [2.05, 4.69) is 15.3 Å². The van der Waals surface area contributed by atoms with Crippen LogP contribution in [-0.4, -0.2) is 57.0 Å². The quantitative estimate of drug-likeness (QED) is 0.615. The van der Waals surface area contributed by atoms with E-state index in [1.54, 1.807) is 23.6 Å². The van der Waals surface area contributed by atoms with Gasteiger partial charge in [-0.1, -0.05) is 0 Å². The highest BCUT2D eigenvalue weighted by Crippen LogP contribution is 2.27. The normalized spacial score (nSPS) is 12.9. The van der Waals surface area contributed by atoms with E-state index in [4.69, 9.17) is 9.47 Å². The summed E-state index contributed by atoms with van der Waals surface area (Å²) in [5, 5.41) is 10.6. The van der Waals surface area contributed by atoms with E-state index in [-0.39, 0.29) is 36.0 Å². The lowest BCUT2D eigenvalue weighted by molar-refractivity contribution is 0.0513. The second-order valence-corrected chi connectivity index (χ2v) is 6.89. The Morgan fingerprint density at radius 1 is 1.16 bits per heavy atom. The van der Waals surface area contributed by atoms with Crippen molar-refractivity contribution in [2.45, 2.75) is 19.9 Å². The van der Waals surface area contributed by atoms with Crippen molar-refractivity contribution in [1.29, 1.82) is 0 Å². The molecule has 10 heteroatoms.